The average molecular weight is 349 g/mol. The fraction of sp³-hybridized carbons (Fsp3) is 0.143. The van der Waals surface area contributed by atoms with E-state index in [1.165, 1.54) is 26.4 Å². The summed E-state index contributed by atoms with van der Waals surface area (Å²) in [5, 5.41) is 19.1. The van der Waals surface area contributed by atoms with E-state index in [9.17, 15) is 15.2 Å². The summed E-state index contributed by atoms with van der Waals surface area (Å²) in [6.45, 7) is 3.70. The summed E-state index contributed by atoms with van der Waals surface area (Å²) in [6.07, 6.45) is 1.97. The molecule has 0 aromatic heterocycles. The molecule has 0 spiro atoms. The maximum Gasteiger partial charge on any atom is 0.203 e. The van der Waals surface area contributed by atoms with Crippen LogP contribution in [0.1, 0.15) is 22.3 Å². The molecule has 5 nitrogen and oxygen atoms in total. The zero-order chi connectivity index (χ0) is 19.1. The van der Waals surface area contributed by atoms with Gasteiger partial charge in [-0.05, 0) is 47.9 Å². The number of ketones is 1. The zero-order valence-electron chi connectivity index (χ0n) is 14.7. The zero-order valence-corrected chi connectivity index (χ0v) is 14.7. The Morgan fingerprint density at radius 1 is 1.12 bits per heavy atom. The highest BCUT2D eigenvalue weighted by Gasteiger charge is 2.19. The number of phenolic OH excluding ortho intramolecular Hbond substituents is 1. The number of carbonyl (C=O) groups is 1. The Labute approximate surface area is 152 Å². The van der Waals surface area contributed by atoms with Gasteiger partial charge in [0.05, 0.1) is 14.2 Å². The number of methoxy groups -OCH3 is 2. The van der Waals surface area contributed by atoms with Crippen LogP contribution in [0.4, 0.5) is 0 Å². The standard InChI is InChI=1S/C21H19NO4/c1-4-5-17(14-6-9-16(23)10-7-14)18(13-22)21(24)15-8-11-19(25-2)20(12-15)26-3/h4,6-12,23H,1,5H2,2-3H3/b18-17+. The Morgan fingerprint density at radius 3 is 2.27 bits per heavy atom. The van der Waals surface area contributed by atoms with Crippen molar-refractivity contribution in [1.82, 2.24) is 0 Å². The van der Waals surface area contributed by atoms with Gasteiger partial charge in [0.2, 0.25) is 5.78 Å². The van der Waals surface area contributed by atoms with Crippen LogP contribution in [-0.2, 0) is 0 Å². The van der Waals surface area contributed by atoms with Crippen LogP contribution in [0.5, 0.6) is 17.2 Å². The molecular weight excluding hydrogens is 330 g/mol. The van der Waals surface area contributed by atoms with Gasteiger partial charge in [-0.15, -0.1) is 6.58 Å². The lowest BCUT2D eigenvalue weighted by Crippen LogP contribution is -2.06. The minimum absolute atomic E-state index is 0.0165. The predicted molar refractivity (Wildman–Crippen MR) is 99.3 cm³/mol. The van der Waals surface area contributed by atoms with Gasteiger partial charge in [-0.3, -0.25) is 4.79 Å². The van der Waals surface area contributed by atoms with Crippen LogP contribution in [0.25, 0.3) is 5.57 Å². The van der Waals surface area contributed by atoms with E-state index in [1.807, 2.05) is 6.07 Å². The lowest BCUT2D eigenvalue weighted by atomic mass is 9.92. The fourth-order valence-corrected chi connectivity index (χ4v) is 2.55. The number of phenols is 1. The number of nitrogens with zero attached hydrogens (tertiary/aromatic N) is 1. The number of carbonyl (C=O) groups excluding carboxylic acids is 1. The lowest BCUT2D eigenvalue weighted by molar-refractivity contribution is 0.103. The quantitative estimate of drug-likeness (QED) is 0.352. The molecule has 0 aliphatic heterocycles. The molecule has 5 heteroatoms. The maximum atomic E-state index is 12.9. The van der Waals surface area contributed by atoms with Gasteiger partial charge >= 0.3 is 0 Å². The fourth-order valence-electron chi connectivity index (χ4n) is 2.55. The number of allylic oxidation sites excluding steroid dienone is 3. The molecule has 0 saturated carbocycles. The van der Waals surface area contributed by atoms with E-state index >= 15 is 0 Å². The molecule has 1 N–H and O–H groups in total. The first kappa shape index (κ1) is 18.8. The largest absolute Gasteiger partial charge is 0.508 e. The number of benzene rings is 2. The molecular formula is C21H19NO4. The molecule has 0 atom stereocenters. The molecule has 0 saturated heterocycles. The highest BCUT2D eigenvalue weighted by Crippen LogP contribution is 2.31. The average Bonchev–Trinajstić information content (AvgIpc) is 2.67. The minimum Gasteiger partial charge on any atom is -0.508 e. The van der Waals surface area contributed by atoms with Gasteiger partial charge < -0.3 is 14.6 Å². The van der Waals surface area contributed by atoms with Crippen LogP contribution < -0.4 is 9.47 Å². The van der Waals surface area contributed by atoms with Crippen LogP contribution in [0.2, 0.25) is 0 Å². The van der Waals surface area contributed by atoms with E-state index in [0.717, 1.165) is 0 Å². The highest BCUT2D eigenvalue weighted by molar-refractivity contribution is 6.16. The molecule has 132 valence electrons. The van der Waals surface area contributed by atoms with Crippen molar-refractivity contribution in [3.63, 3.8) is 0 Å². The molecule has 0 bridgehead atoms. The number of hydrogen-bond donors (Lipinski definition) is 1. The third kappa shape index (κ3) is 3.93. The maximum absolute atomic E-state index is 12.9. The molecule has 0 aliphatic carbocycles. The number of rotatable bonds is 7. The van der Waals surface area contributed by atoms with Crippen molar-refractivity contribution in [3.05, 3.63) is 71.8 Å². The predicted octanol–water partition coefficient (Wildman–Crippen LogP) is 4.15. The van der Waals surface area contributed by atoms with Crippen molar-refractivity contribution in [1.29, 1.82) is 5.26 Å². The summed E-state index contributed by atoms with van der Waals surface area (Å²) in [4.78, 5) is 12.9. The summed E-state index contributed by atoms with van der Waals surface area (Å²) < 4.78 is 10.4. The topological polar surface area (TPSA) is 79.6 Å². The van der Waals surface area contributed by atoms with Crippen LogP contribution in [0, 0.1) is 11.3 Å². The van der Waals surface area contributed by atoms with Gasteiger partial charge in [-0.2, -0.15) is 5.26 Å². The SMILES string of the molecule is C=CC/C(=C(/C#N)C(=O)c1ccc(OC)c(OC)c1)c1ccc(O)cc1. The second-order valence-corrected chi connectivity index (χ2v) is 5.40. The van der Waals surface area contributed by atoms with Crippen LogP contribution in [0.3, 0.4) is 0 Å². The summed E-state index contributed by atoms with van der Waals surface area (Å²) in [5.74, 6) is 0.594. The molecule has 2 rings (SSSR count). The van der Waals surface area contributed by atoms with Gasteiger partial charge in [0.25, 0.3) is 0 Å². The molecule has 0 fully saturated rings. The number of ether oxygens (including phenoxy) is 2. The Kier molecular flexibility index (Phi) is 6.18. The minimum atomic E-state index is -0.418. The van der Waals surface area contributed by atoms with E-state index in [0.29, 0.717) is 34.6 Å². The van der Waals surface area contributed by atoms with Crippen molar-refractivity contribution in [2.45, 2.75) is 6.42 Å². The van der Waals surface area contributed by atoms with Crippen LogP contribution >= 0.6 is 0 Å². The van der Waals surface area contributed by atoms with E-state index in [-0.39, 0.29) is 11.3 Å². The molecule has 0 aliphatic rings. The summed E-state index contributed by atoms with van der Waals surface area (Å²) in [6, 6.07) is 13.1. The van der Waals surface area contributed by atoms with Crippen LogP contribution in [-0.4, -0.2) is 25.1 Å². The third-order valence-corrected chi connectivity index (χ3v) is 3.85. The van der Waals surface area contributed by atoms with Gasteiger partial charge in [0.15, 0.2) is 11.5 Å². The Bertz CT molecular complexity index is 889. The van der Waals surface area contributed by atoms with E-state index in [2.05, 4.69) is 6.58 Å². The molecule has 0 radical (unpaired) electrons. The monoisotopic (exact) mass is 349 g/mol. The number of aromatic hydroxyl groups is 1. The molecule has 0 heterocycles. The first-order valence-corrected chi connectivity index (χ1v) is 7.86. The smallest absolute Gasteiger partial charge is 0.203 e. The Balaban J connectivity index is 2.57. The molecule has 0 unspecified atom stereocenters. The third-order valence-electron chi connectivity index (χ3n) is 3.85. The van der Waals surface area contributed by atoms with Crippen molar-refractivity contribution in [3.8, 4) is 23.3 Å². The number of nitriles is 1. The second kappa shape index (κ2) is 8.54. The van der Waals surface area contributed by atoms with Crippen LogP contribution in [0.15, 0.2) is 60.7 Å². The molecule has 2 aromatic carbocycles. The van der Waals surface area contributed by atoms with E-state index in [4.69, 9.17) is 9.47 Å². The molecule has 26 heavy (non-hydrogen) atoms. The van der Waals surface area contributed by atoms with Crippen molar-refractivity contribution in [2.24, 2.45) is 0 Å². The summed E-state index contributed by atoms with van der Waals surface area (Å²) in [5.41, 5.74) is 1.55. The number of hydrogen-bond acceptors (Lipinski definition) is 5. The van der Waals surface area contributed by atoms with Crippen molar-refractivity contribution < 1.29 is 19.4 Å². The first-order chi connectivity index (χ1) is 12.5. The van der Waals surface area contributed by atoms with Crippen molar-refractivity contribution >= 4 is 11.4 Å². The van der Waals surface area contributed by atoms with Gasteiger partial charge in [-0.25, -0.2) is 0 Å². The highest BCUT2D eigenvalue weighted by atomic mass is 16.5. The summed E-state index contributed by atoms with van der Waals surface area (Å²) >= 11 is 0. The van der Waals surface area contributed by atoms with Gasteiger partial charge in [-0.1, -0.05) is 18.2 Å². The summed E-state index contributed by atoms with van der Waals surface area (Å²) in [7, 11) is 2.99. The molecule has 2 aromatic rings. The second-order valence-electron chi connectivity index (χ2n) is 5.40. The van der Waals surface area contributed by atoms with E-state index < -0.39 is 5.78 Å². The first-order valence-electron chi connectivity index (χ1n) is 7.86. The van der Waals surface area contributed by atoms with E-state index in [1.54, 1.807) is 36.4 Å². The molecule has 0 amide bonds. The Hall–Kier alpha value is -3.52. The van der Waals surface area contributed by atoms with Gasteiger partial charge in [0.1, 0.15) is 17.4 Å². The number of Topliss-reactive ketones (excluding diaryl/α,β-unsaturated/α-hetero) is 1. The lowest BCUT2D eigenvalue weighted by Gasteiger charge is -2.11. The normalized spacial score (nSPS) is 11.1. The van der Waals surface area contributed by atoms with Gasteiger partial charge in [0, 0.05) is 5.56 Å². The van der Waals surface area contributed by atoms with Crippen molar-refractivity contribution in [2.75, 3.05) is 14.2 Å². The Morgan fingerprint density at radius 2 is 1.73 bits per heavy atom.